The summed E-state index contributed by atoms with van der Waals surface area (Å²) in [5.41, 5.74) is 3.61. The minimum absolute atomic E-state index is 0.192. The van der Waals surface area contributed by atoms with E-state index in [4.69, 9.17) is 16.3 Å². The van der Waals surface area contributed by atoms with Crippen LogP contribution in [0.1, 0.15) is 17.5 Å². The molecule has 0 aromatic heterocycles. The van der Waals surface area contributed by atoms with E-state index in [2.05, 4.69) is 23.1 Å². The Hall–Kier alpha value is -2.62. The van der Waals surface area contributed by atoms with Crippen LogP contribution < -0.4 is 4.74 Å². The van der Waals surface area contributed by atoms with Gasteiger partial charge < -0.3 is 4.74 Å². The molecule has 142 valence electrons. The first-order valence-corrected chi connectivity index (χ1v) is 9.73. The summed E-state index contributed by atoms with van der Waals surface area (Å²) in [4.78, 5) is 2.40. The highest BCUT2D eigenvalue weighted by Crippen LogP contribution is 2.26. The predicted molar refractivity (Wildman–Crippen MR) is 112 cm³/mol. The molecule has 0 saturated carbocycles. The van der Waals surface area contributed by atoms with Crippen LogP contribution in [0.5, 0.6) is 11.5 Å². The van der Waals surface area contributed by atoms with Gasteiger partial charge in [0.2, 0.25) is 0 Å². The summed E-state index contributed by atoms with van der Waals surface area (Å²) in [5.74, 6) is 1.40. The summed E-state index contributed by atoms with van der Waals surface area (Å²) in [6.07, 6.45) is 3.21. The SMILES string of the molecule is Fc1ccc(C2=CCN(Cc3cccc(Oc4ccc(Cl)cc4)c3)CC2)cc1. The van der Waals surface area contributed by atoms with E-state index in [0.717, 1.165) is 43.1 Å². The summed E-state index contributed by atoms with van der Waals surface area (Å²) in [7, 11) is 0. The highest BCUT2D eigenvalue weighted by molar-refractivity contribution is 6.30. The highest BCUT2D eigenvalue weighted by Gasteiger charge is 2.13. The third-order valence-corrected chi connectivity index (χ3v) is 5.11. The second-order valence-corrected chi connectivity index (χ2v) is 7.36. The monoisotopic (exact) mass is 393 g/mol. The molecule has 0 N–H and O–H groups in total. The summed E-state index contributed by atoms with van der Waals surface area (Å²) < 4.78 is 19.0. The molecule has 0 bridgehead atoms. The third-order valence-electron chi connectivity index (χ3n) is 4.86. The van der Waals surface area contributed by atoms with Crippen LogP contribution in [0.4, 0.5) is 4.39 Å². The summed E-state index contributed by atoms with van der Waals surface area (Å²) in [6, 6.07) is 22.3. The van der Waals surface area contributed by atoms with Crippen molar-refractivity contribution >= 4 is 17.2 Å². The van der Waals surface area contributed by atoms with Crippen molar-refractivity contribution in [1.29, 1.82) is 0 Å². The molecule has 0 amide bonds. The molecule has 3 aromatic rings. The molecule has 4 rings (SSSR count). The van der Waals surface area contributed by atoms with Gasteiger partial charge in [-0.2, -0.15) is 0 Å². The molecule has 0 aliphatic carbocycles. The van der Waals surface area contributed by atoms with Crippen LogP contribution in [-0.4, -0.2) is 18.0 Å². The van der Waals surface area contributed by atoms with Crippen molar-refractivity contribution in [3.63, 3.8) is 0 Å². The van der Waals surface area contributed by atoms with Crippen molar-refractivity contribution < 1.29 is 9.13 Å². The largest absolute Gasteiger partial charge is 0.457 e. The Morgan fingerprint density at radius 2 is 1.71 bits per heavy atom. The molecule has 0 spiro atoms. The van der Waals surface area contributed by atoms with Crippen molar-refractivity contribution in [2.75, 3.05) is 13.1 Å². The zero-order valence-electron chi connectivity index (χ0n) is 15.4. The molecule has 0 unspecified atom stereocenters. The number of hydrogen-bond donors (Lipinski definition) is 0. The molecule has 2 nitrogen and oxygen atoms in total. The van der Waals surface area contributed by atoms with Crippen molar-refractivity contribution in [3.05, 3.63) is 101 Å². The number of rotatable bonds is 5. The molecular weight excluding hydrogens is 373 g/mol. The number of halogens is 2. The molecule has 1 aliphatic heterocycles. The van der Waals surface area contributed by atoms with Gasteiger partial charge in [0.05, 0.1) is 0 Å². The van der Waals surface area contributed by atoms with Crippen LogP contribution in [0.25, 0.3) is 5.57 Å². The zero-order chi connectivity index (χ0) is 19.3. The van der Waals surface area contributed by atoms with E-state index in [1.54, 1.807) is 0 Å². The van der Waals surface area contributed by atoms with E-state index < -0.39 is 0 Å². The summed E-state index contributed by atoms with van der Waals surface area (Å²) in [6.45, 7) is 2.73. The van der Waals surface area contributed by atoms with E-state index in [1.165, 1.54) is 23.3 Å². The molecule has 4 heteroatoms. The second kappa shape index (κ2) is 8.59. The van der Waals surface area contributed by atoms with Gasteiger partial charge in [0.1, 0.15) is 17.3 Å². The van der Waals surface area contributed by atoms with E-state index >= 15 is 0 Å². The smallest absolute Gasteiger partial charge is 0.127 e. The molecular formula is C24H21ClFNO. The fourth-order valence-electron chi connectivity index (χ4n) is 3.39. The first kappa shape index (κ1) is 18.7. The van der Waals surface area contributed by atoms with Crippen LogP contribution in [-0.2, 0) is 6.54 Å². The van der Waals surface area contributed by atoms with Gasteiger partial charge in [0.15, 0.2) is 0 Å². The summed E-state index contributed by atoms with van der Waals surface area (Å²) >= 11 is 5.92. The lowest BCUT2D eigenvalue weighted by atomic mass is 9.99. The maximum Gasteiger partial charge on any atom is 0.127 e. The molecule has 28 heavy (non-hydrogen) atoms. The average Bonchev–Trinajstić information content (AvgIpc) is 2.71. The van der Waals surface area contributed by atoms with Gasteiger partial charge in [-0.15, -0.1) is 0 Å². The molecule has 1 heterocycles. The fraction of sp³-hybridized carbons (Fsp3) is 0.167. The van der Waals surface area contributed by atoms with Gasteiger partial charge >= 0.3 is 0 Å². The van der Waals surface area contributed by atoms with Crippen molar-refractivity contribution in [3.8, 4) is 11.5 Å². The van der Waals surface area contributed by atoms with E-state index in [0.29, 0.717) is 5.02 Å². The Kier molecular flexibility index (Phi) is 5.75. The Bertz CT molecular complexity index is 967. The van der Waals surface area contributed by atoms with Crippen molar-refractivity contribution in [2.45, 2.75) is 13.0 Å². The Labute approximate surface area is 169 Å². The normalized spacial score (nSPS) is 14.6. The summed E-state index contributed by atoms with van der Waals surface area (Å²) in [5, 5.41) is 0.694. The lowest BCUT2D eigenvalue weighted by Crippen LogP contribution is -2.28. The Balaban J connectivity index is 1.38. The quantitative estimate of drug-likeness (QED) is 0.486. The van der Waals surface area contributed by atoms with Gasteiger partial charge in [-0.05, 0) is 71.7 Å². The predicted octanol–water partition coefficient (Wildman–Crippen LogP) is 6.56. The molecule has 3 aromatic carbocycles. The molecule has 0 atom stereocenters. The van der Waals surface area contributed by atoms with Crippen LogP contribution in [0.15, 0.2) is 78.9 Å². The van der Waals surface area contributed by atoms with E-state index in [9.17, 15) is 4.39 Å². The molecule has 1 aliphatic rings. The standard InChI is InChI=1S/C24H21ClFNO/c25-21-6-10-23(11-7-21)28-24-3-1-2-18(16-24)17-27-14-12-20(13-15-27)19-4-8-22(26)9-5-19/h1-12,16H,13-15,17H2. The van der Waals surface area contributed by atoms with Gasteiger partial charge in [0.25, 0.3) is 0 Å². The number of nitrogens with zero attached hydrogens (tertiary/aromatic N) is 1. The maximum atomic E-state index is 13.1. The van der Waals surface area contributed by atoms with Crippen LogP contribution >= 0.6 is 11.6 Å². The lowest BCUT2D eigenvalue weighted by Gasteiger charge is -2.26. The third kappa shape index (κ3) is 4.80. The van der Waals surface area contributed by atoms with E-state index in [1.807, 2.05) is 48.5 Å². The second-order valence-electron chi connectivity index (χ2n) is 6.92. The van der Waals surface area contributed by atoms with Gasteiger partial charge in [0, 0.05) is 24.7 Å². The van der Waals surface area contributed by atoms with Crippen molar-refractivity contribution in [1.82, 2.24) is 4.90 Å². The zero-order valence-corrected chi connectivity index (χ0v) is 16.2. The minimum atomic E-state index is -0.192. The van der Waals surface area contributed by atoms with Gasteiger partial charge in [-0.3, -0.25) is 4.90 Å². The molecule has 0 fully saturated rings. The number of benzene rings is 3. The van der Waals surface area contributed by atoms with Crippen LogP contribution in [0, 0.1) is 5.82 Å². The molecule has 0 radical (unpaired) electrons. The lowest BCUT2D eigenvalue weighted by molar-refractivity contribution is 0.293. The molecule has 0 saturated heterocycles. The first-order chi connectivity index (χ1) is 13.7. The van der Waals surface area contributed by atoms with Gasteiger partial charge in [-0.25, -0.2) is 4.39 Å². The minimum Gasteiger partial charge on any atom is -0.457 e. The topological polar surface area (TPSA) is 12.5 Å². The Morgan fingerprint density at radius 3 is 2.43 bits per heavy atom. The van der Waals surface area contributed by atoms with Crippen LogP contribution in [0.3, 0.4) is 0 Å². The number of hydrogen-bond acceptors (Lipinski definition) is 2. The Morgan fingerprint density at radius 1 is 0.929 bits per heavy atom. The average molecular weight is 394 g/mol. The van der Waals surface area contributed by atoms with Crippen LogP contribution in [0.2, 0.25) is 5.02 Å². The fourth-order valence-corrected chi connectivity index (χ4v) is 3.51. The highest BCUT2D eigenvalue weighted by atomic mass is 35.5. The van der Waals surface area contributed by atoms with E-state index in [-0.39, 0.29) is 5.82 Å². The maximum absolute atomic E-state index is 13.1. The first-order valence-electron chi connectivity index (χ1n) is 9.35. The van der Waals surface area contributed by atoms with Crippen molar-refractivity contribution in [2.24, 2.45) is 0 Å². The van der Waals surface area contributed by atoms with Gasteiger partial charge in [-0.1, -0.05) is 41.9 Å². The number of ether oxygens (including phenoxy) is 1.